The fourth-order valence-electron chi connectivity index (χ4n) is 2.84. The molecule has 0 amide bonds. The first-order valence-electron chi connectivity index (χ1n) is 9.50. The highest BCUT2D eigenvalue weighted by atomic mass is 19.4. The number of anilines is 2. The van der Waals surface area contributed by atoms with Gasteiger partial charge in [-0.05, 0) is 43.7 Å². The van der Waals surface area contributed by atoms with Gasteiger partial charge in [-0.2, -0.15) is 13.2 Å². The minimum Gasteiger partial charge on any atom is -0.466 e. The molecule has 3 aromatic rings. The summed E-state index contributed by atoms with van der Waals surface area (Å²) in [5.74, 6) is -0.474. The molecule has 1 N–H and O–H groups in total. The molecule has 2 heterocycles. The maximum atomic E-state index is 12.9. The maximum absolute atomic E-state index is 12.9. The topological polar surface area (TPSA) is 89.9 Å². The predicted octanol–water partition coefficient (Wildman–Crippen LogP) is 4.50. The molecule has 0 spiro atoms. The smallest absolute Gasteiger partial charge is 0.433 e. The van der Waals surface area contributed by atoms with Crippen LogP contribution in [0, 0.1) is 6.92 Å². The lowest BCUT2D eigenvalue weighted by molar-refractivity contribution is -0.143. The van der Waals surface area contributed by atoms with E-state index in [4.69, 9.17) is 4.74 Å². The number of hydrogen-bond acceptors (Lipinski definition) is 7. The summed E-state index contributed by atoms with van der Waals surface area (Å²) in [5.41, 5.74) is 2.23. The third-order valence-electron chi connectivity index (χ3n) is 4.15. The molecule has 0 aliphatic rings. The van der Waals surface area contributed by atoms with E-state index in [-0.39, 0.29) is 18.3 Å². The Labute approximate surface area is 176 Å². The van der Waals surface area contributed by atoms with Crippen molar-refractivity contribution in [2.24, 2.45) is 0 Å². The molecule has 3 rings (SSSR count). The van der Waals surface area contributed by atoms with Gasteiger partial charge in [0.05, 0.1) is 30.6 Å². The number of hydrogen-bond donors (Lipinski definition) is 1. The Balaban J connectivity index is 1.82. The molecule has 0 bridgehead atoms. The lowest BCUT2D eigenvalue weighted by atomic mass is 10.1. The van der Waals surface area contributed by atoms with E-state index in [0.29, 0.717) is 35.7 Å². The Morgan fingerprint density at radius 3 is 2.71 bits per heavy atom. The van der Waals surface area contributed by atoms with E-state index >= 15 is 0 Å². The van der Waals surface area contributed by atoms with Gasteiger partial charge in [-0.3, -0.25) is 9.78 Å². The Morgan fingerprint density at radius 1 is 1.16 bits per heavy atom. The molecule has 0 saturated heterocycles. The van der Waals surface area contributed by atoms with Gasteiger partial charge in [0.25, 0.3) is 0 Å². The molecule has 0 saturated carbocycles. The van der Waals surface area contributed by atoms with Crippen LogP contribution >= 0.6 is 0 Å². The Kier molecular flexibility index (Phi) is 6.78. The van der Waals surface area contributed by atoms with Gasteiger partial charge in [-0.15, -0.1) is 0 Å². The lowest BCUT2D eigenvalue weighted by Gasteiger charge is -2.11. The molecule has 10 heteroatoms. The normalized spacial score (nSPS) is 11.3. The first kappa shape index (κ1) is 22.1. The van der Waals surface area contributed by atoms with Crippen LogP contribution in [0.5, 0.6) is 0 Å². The molecule has 1 aromatic carbocycles. The van der Waals surface area contributed by atoms with Crippen molar-refractivity contribution >= 4 is 17.6 Å². The number of nitrogens with one attached hydrogen (secondary N) is 1. The van der Waals surface area contributed by atoms with Crippen molar-refractivity contribution in [3.63, 3.8) is 0 Å². The first-order valence-corrected chi connectivity index (χ1v) is 9.50. The van der Waals surface area contributed by atoms with Gasteiger partial charge in [0, 0.05) is 30.1 Å². The Bertz CT molecular complexity index is 1070. The van der Waals surface area contributed by atoms with Gasteiger partial charge in [0.1, 0.15) is 5.69 Å². The minimum atomic E-state index is -4.56. The fourth-order valence-corrected chi connectivity index (χ4v) is 2.84. The number of ether oxygens (including phenoxy) is 1. The largest absolute Gasteiger partial charge is 0.466 e. The summed E-state index contributed by atoms with van der Waals surface area (Å²) in [4.78, 5) is 27.7. The van der Waals surface area contributed by atoms with Crippen LogP contribution in [-0.2, 0) is 22.1 Å². The van der Waals surface area contributed by atoms with Crippen LogP contribution in [0.1, 0.15) is 30.3 Å². The summed E-state index contributed by atoms with van der Waals surface area (Å²) in [6.45, 7) is 3.91. The van der Waals surface area contributed by atoms with Crippen molar-refractivity contribution in [3.05, 3.63) is 59.8 Å². The number of benzene rings is 1. The van der Waals surface area contributed by atoms with E-state index in [2.05, 4.69) is 25.3 Å². The number of carbonyl (C=O) groups is 1. The molecule has 0 aliphatic carbocycles. The third-order valence-corrected chi connectivity index (χ3v) is 4.15. The van der Waals surface area contributed by atoms with Crippen molar-refractivity contribution in [2.45, 2.75) is 32.9 Å². The number of rotatable bonds is 7. The number of halogens is 3. The minimum absolute atomic E-state index is 0.166. The van der Waals surface area contributed by atoms with Gasteiger partial charge in [-0.25, -0.2) is 15.0 Å². The zero-order chi connectivity index (χ0) is 22.4. The van der Waals surface area contributed by atoms with Crippen molar-refractivity contribution in [1.29, 1.82) is 0 Å². The zero-order valence-corrected chi connectivity index (χ0v) is 16.9. The van der Waals surface area contributed by atoms with Gasteiger partial charge < -0.3 is 10.1 Å². The molecule has 7 nitrogen and oxygen atoms in total. The SMILES string of the molecule is CCOC(=O)CCc1cncc(-c2cc(C)cc(Nc3nccc(C(F)(F)F)n3)c2)n1. The Hall–Kier alpha value is -3.56. The number of aromatic nitrogens is 4. The highest BCUT2D eigenvalue weighted by Crippen LogP contribution is 2.29. The highest BCUT2D eigenvalue weighted by molar-refractivity contribution is 5.70. The van der Waals surface area contributed by atoms with Crippen LogP contribution < -0.4 is 5.32 Å². The quantitative estimate of drug-likeness (QED) is 0.551. The molecule has 0 unspecified atom stereocenters. The average molecular weight is 431 g/mol. The molecule has 0 aliphatic heterocycles. The van der Waals surface area contributed by atoms with Crippen LogP contribution in [-0.4, -0.2) is 32.5 Å². The van der Waals surface area contributed by atoms with E-state index in [9.17, 15) is 18.0 Å². The first-order chi connectivity index (χ1) is 14.7. The molecule has 31 heavy (non-hydrogen) atoms. The van der Waals surface area contributed by atoms with E-state index in [1.807, 2.05) is 13.0 Å². The molecule has 0 radical (unpaired) electrons. The van der Waals surface area contributed by atoms with Crippen molar-refractivity contribution in [3.8, 4) is 11.3 Å². The summed E-state index contributed by atoms with van der Waals surface area (Å²) < 4.78 is 43.6. The fraction of sp³-hybridized carbons (Fsp3) is 0.286. The summed E-state index contributed by atoms with van der Waals surface area (Å²) in [6.07, 6.45) is 0.222. The predicted molar refractivity (Wildman–Crippen MR) is 107 cm³/mol. The van der Waals surface area contributed by atoms with Gasteiger partial charge in [0.15, 0.2) is 0 Å². The summed E-state index contributed by atoms with van der Waals surface area (Å²) in [6, 6.07) is 6.16. The number of aryl methyl sites for hydroxylation is 2. The Morgan fingerprint density at radius 2 is 1.97 bits per heavy atom. The van der Waals surface area contributed by atoms with E-state index in [1.54, 1.807) is 31.5 Å². The molecule has 0 atom stereocenters. The average Bonchev–Trinajstić information content (AvgIpc) is 2.72. The lowest BCUT2D eigenvalue weighted by Crippen LogP contribution is -2.10. The second-order valence-electron chi connectivity index (χ2n) is 6.68. The van der Waals surface area contributed by atoms with Crippen molar-refractivity contribution < 1.29 is 22.7 Å². The molecular weight excluding hydrogens is 411 g/mol. The van der Waals surface area contributed by atoms with E-state index in [0.717, 1.165) is 17.8 Å². The van der Waals surface area contributed by atoms with Gasteiger partial charge in [-0.1, -0.05) is 0 Å². The summed E-state index contributed by atoms with van der Waals surface area (Å²) in [5, 5.41) is 2.80. The van der Waals surface area contributed by atoms with Crippen LogP contribution in [0.3, 0.4) is 0 Å². The molecule has 2 aromatic heterocycles. The standard InChI is InChI=1S/C21H20F3N5O2/c1-3-31-19(30)5-4-15-11-25-12-17(27-15)14-8-13(2)9-16(10-14)28-20-26-7-6-18(29-20)21(22,23)24/h6-12H,3-5H2,1-2H3,(H,26,28,29). The summed E-state index contributed by atoms with van der Waals surface area (Å²) >= 11 is 0. The second kappa shape index (κ2) is 9.50. The second-order valence-corrected chi connectivity index (χ2v) is 6.68. The van der Waals surface area contributed by atoms with Crippen molar-refractivity contribution in [2.75, 3.05) is 11.9 Å². The molecule has 0 fully saturated rings. The molecular formula is C21H20F3N5O2. The molecule has 162 valence electrons. The number of alkyl halides is 3. The number of nitrogens with zero attached hydrogens (tertiary/aromatic N) is 4. The summed E-state index contributed by atoms with van der Waals surface area (Å²) in [7, 11) is 0. The zero-order valence-electron chi connectivity index (χ0n) is 16.9. The maximum Gasteiger partial charge on any atom is 0.433 e. The monoisotopic (exact) mass is 431 g/mol. The number of esters is 1. The van der Waals surface area contributed by atoms with E-state index < -0.39 is 11.9 Å². The third kappa shape index (κ3) is 6.21. The number of carbonyl (C=O) groups excluding carboxylic acids is 1. The van der Waals surface area contributed by atoms with E-state index in [1.165, 1.54) is 0 Å². The van der Waals surface area contributed by atoms with Crippen LogP contribution in [0.25, 0.3) is 11.3 Å². The van der Waals surface area contributed by atoms with Crippen molar-refractivity contribution in [1.82, 2.24) is 19.9 Å². The van der Waals surface area contributed by atoms with Crippen LogP contribution in [0.15, 0.2) is 42.9 Å². The van der Waals surface area contributed by atoms with Crippen LogP contribution in [0.2, 0.25) is 0 Å². The van der Waals surface area contributed by atoms with Gasteiger partial charge >= 0.3 is 12.1 Å². The van der Waals surface area contributed by atoms with Crippen LogP contribution in [0.4, 0.5) is 24.8 Å². The highest BCUT2D eigenvalue weighted by Gasteiger charge is 2.32. The van der Waals surface area contributed by atoms with Gasteiger partial charge in [0.2, 0.25) is 5.95 Å².